The van der Waals surface area contributed by atoms with E-state index in [9.17, 15) is 4.79 Å². The summed E-state index contributed by atoms with van der Waals surface area (Å²) in [6.07, 6.45) is 0. The number of hydrogen-bond donors (Lipinski definition) is 0. The van der Waals surface area contributed by atoms with Crippen molar-refractivity contribution < 1.29 is 0 Å². The summed E-state index contributed by atoms with van der Waals surface area (Å²) in [6, 6.07) is 1.55. The maximum absolute atomic E-state index is 11.6. The van der Waals surface area contributed by atoms with Gasteiger partial charge in [0.15, 0.2) is 0 Å². The highest BCUT2D eigenvalue weighted by Crippen LogP contribution is 2.48. The number of halogens is 5. The second-order valence-electron chi connectivity index (χ2n) is 4.21. The van der Waals surface area contributed by atoms with Gasteiger partial charge in [-0.25, -0.2) is 0 Å². The van der Waals surface area contributed by atoms with Crippen LogP contribution in [0.25, 0.3) is 0 Å². The molecule has 9 heteroatoms. The van der Waals surface area contributed by atoms with E-state index in [2.05, 4.69) is 0 Å². The third-order valence-electron chi connectivity index (χ3n) is 3.01. The molecule has 2 aromatic rings. The molecule has 0 fully saturated rings. The Morgan fingerprint density at radius 3 is 1.81 bits per heavy atom. The fourth-order valence-electron chi connectivity index (χ4n) is 1.66. The maximum Gasteiger partial charge on any atom is 0.266 e. The summed E-state index contributed by atoms with van der Waals surface area (Å²) in [5.41, 5.74) is 0.735. The highest BCUT2D eigenvalue weighted by Gasteiger charge is 2.20. The van der Waals surface area contributed by atoms with Crippen molar-refractivity contribution in [3.8, 4) is 0 Å². The summed E-state index contributed by atoms with van der Waals surface area (Å²) < 4.78 is 3.25. The van der Waals surface area contributed by atoms with Crippen LogP contribution in [0.5, 0.6) is 0 Å². The molecule has 0 radical (unpaired) electrons. The van der Waals surface area contributed by atoms with E-state index >= 15 is 0 Å². The number of rotatable bonds is 3. The first kappa shape index (κ1) is 17.4. The quantitative estimate of drug-likeness (QED) is 0.394. The molecule has 1 aromatic carbocycles. The lowest BCUT2D eigenvalue weighted by molar-refractivity contribution is 0.565. The minimum absolute atomic E-state index is 0.0857. The Kier molecular flexibility index (Phi) is 5.50. The summed E-state index contributed by atoms with van der Waals surface area (Å²) in [5, 5.41) is 0.961. The van der Waals surface area contributed by atoms with Crippen LogP contribution in [0.4, 0.5) is 0 Å². The molecule has 0 amide bonds. The number of benzene rings is 1. The Morgan fingerprint density at radius 2 is 1.38 bits per heavy atom. The van der Waals surface area contributed by atoms with Crippen molar-refractivity contribution >= 4 is 69.8 Å². The number of thioether (sulfide) groups is 1. The lowest BCUT2D eigenvalue weighted by atomic mass is 10.3. The van der Waals surface area contributed by atoms with Gasteiger partial charge < -0.3 is 0 Å². The van der Waals surface area contributed by atoms with Crippen molar-refractivity contribution in [2.75, 3.05) is 0 Å². The molecule has 114 valence electrons. The minimum atomic E-state index is -0.0857. The van der Waals surface area contributed by atoms with Gasteiger partial charge in [0.05, 0.1) is 30.8 Å². The monoisotopic (exact) mass is 404 g/mol. The van der Waals surface area contributed by atoms with Gasteiger partial charge >= 0.3 is 0 Å². The molecule has 0 spiro atoms. The van der Waals surface area contributed by atoms with Crippen molar-refractivity contribution in [1.29, 1.82) is 0 Å². The van der Waals surface area contributed by atoms with Crippen LogP contribution >= 0.6 is 69.8 Å². The smallest absolute Gasteiger partial charge is 0.266 e. The summed E-state index contributed by atoms with van der Waals surface area (Å²) in [6.45, 7) is 0. The summed E-state index contributed by atoms with van der Waals surface area (Å²) in [5.74, 6) is 0.486. The van der Waals surface area contributed by atoms with Gasteiger partial charge in [-0.2, -0.15) is 0 Å². The number of aromatic nitrogens is 2. The van der Waals surface area contributed by atoms with Crippen LogP contribution < -0.4 is 5.56 Å². The van der Waals surface area contributed by atoms with Crippen molar-refractivity contribution in [3.63, 3.8) is 0 Å². The van der Waals surface area contributed by atoms with E-state index in [1.54, 1.807) is 24.8 Å². The third kappa shape index (κ3) is 3.21. The number of nitrogens with zero attached hydrogens (tertiary/aromatic N) is 2. The van der Waals surface area contributed by atoms with E-state index < -0.39 is 0 Å². The Bertz CT molecular complexity index is 739. The van der Waals surface area contributed by atoms with Crippen LogP contribution in [0, 0.1) is 0 Å². The van der Waals surface area contributed by atoms with E-state index in [0.29, 0.717) is 10.6 Å². The van der Waals surface area contributed by atoms with Crippen LogP contribution in [0.15, 0.2) is 15.8 Å². The second kappa shape index (κ2) is 6.65. The first-order valence-electron chi connectivity index (χ1n) is 5.61. The second-order valence-corrected chi connectivity index (χ2v) is 7.08. The average molecular weight is 407 g/mol. The topological polar surface area (TPSA) is 26.9 Å². The van der Waals surface area contributed by atoms with Gasteiger partial charge in [0.25, 0.3) is 5.56 Å². The van der Waals surface area contributed by atoms with Crippen molar-refractivity contribution in [2.45, 2.75) is 10.6 Å². The molecule has 0 aliphatic heterocycles. The van der Waals surface area contributed by atoms with Gasteiger partial charge in [0.2, 0.25) is 0 Å². The Hall–Kier alpha value is 0.0300. The summed E-state index contributed by atoms with van der Waals surface area (Å²) in [4.78, 5) is 12.1. The molecule has 2 rings (SSSR count). The van der Waals surface area contributed by atoms with Crippen molar-refractivity contribution in [2.24, 2.45) is 14.1 Å². The Balaban J connectivity index is 2.37. The molecule has 0 aliphatic rings. The van der Waals surface area contributed by atoms with E-state index in [0.717, 1.165) is 5.69 Å². The van der Waals surface area contributed by atoms with Gasteiger partial charge in [0, 0.05) is 30.8 Å². The lowest BCUT2D eigenvalue weighted by Gasteiger charge is -2.12. The first-order chi connectivity index (χ1) is 9.75. The van der Waals surface area contributed by atoms with Gasteiger partial charge in [-0.3, -0.25) is 14.2 Å². The molecule has 0 atom stereocenters. The standard InChI is InChI=1S/C12H9Cl5N2OS/c1-18-5(3-6(20)19(18)2)4-21-12-10(16)8(14)7(13)9(15)11(12)17/h3H,4H2,1-2H3. The SMILES string of the molecule is Cn1c(CSc2c(Cl)c(Cl)c(Cl)c(Cl)c2Cl)cc(=O)n1C. The molecular weight excluding hydrogens is 397 g/mol. The predicted molar refractivity (Wildman–Crippen MR) is 91.7 cm³/mol. The number of hydrogen-bond acceptors (Lipinski definition) is 2. The zero-order valence-electron chi connectivity index (χ0n) is 10.9. The van der Waals surface area contributed by atoms with Crippen LogP contribution in [0.2, 0.25) is 25.1 Å². The van der Waals surface area contributed by atoms with Gasteiger partial charge in [-0.1, -0.05) is 58.0 Å². The fraction of sp³-hybridized carbons (Fsp3) is 0.250. The highest BCUT2D eigenvalue weighted by atomic mass is 35.5. The predicted octanol–water partition coefficient (Wildman–Crippen LogP) is 5.28. The van der Waals surface area contributed by atoms with E-state index in [-0.39, 0.29) is 30.7 Å². The third-order valence-corrected chi connectivity index (χ3v) is 6.65. The zero-order valence-corrected chi connectivity index (χ0v) is 15.5. The molecule has 0 bridgehead atoms. The summed E-state index contributed by atoms with van der Waals surface area (Å²) >= 11 is 31.6. The van der Waals surface area contributed by atoms with Crippen LogP contribution in [-0.2, 0) is 19.8 Å². The van der Waals surface area contributed by atoms with Crippen LogP contribution in [-0.4, -0.2) is 9.36 Å². The normalized spacial score (nSPS) is 11.2. The molecule has 0 N–H and O–H groups in total. The highest BCUT2D eigenvalue weighted by molar-refractivity contribution is 7.98. The molecule has 0 aliphatic carbocycles. The van der Waals surface area contributed by atoms with Crippen LogP contribution in [0.3, 0.4) is 0 Å². The minimum Gasteiger partial charge on any atom is -0.289 e. The molecular formula is C12H9Cl5N2OS. The molecule has 0 unspecified atom stereocenters. The Labute approximate surface area is 150 Å². The lowest BCUT2D eigenvalue weighted by Crippen LogP contribution is -2.16. The maximum atomic E-state index is 11.6. The average Bonchev–Trinajstić information content (AvgIpc) is 2.70. The van der Waals surface area contributed by atoms with E-state index in [1.807, 2.05) is 0 Å². The Morgan fingerprint density at radius 1 is 0.905 bits per heavy atom. The van der Waals surface area contributed by atoms with Gasteiger partial charge in [-0.15, -0.1) is 11.8 Å². The molecule has 1 heterocycles. The van der Waals surface area contributed by atoms with Crippen LogP contribution in [0.1, 0.15) is 5.69 Å². The molecule has 21 heavy (non-hydrogen) atoms. The molecule has 0 saturated heterocycles. The molecule has 0 saturated carbocycles. The molecule has 1 aromatic heterocycles. The molecule has 3 nitrogen and oxygen atoms in total. The first-order valence-corrected chi connectivity index (χ1v) is 8.49. The van der Waals surface area contributed by atoms with Crippen molar-refractivity contribution in [3.05, 3.63) is 47.2 Å². The van der Waals surface area contributed by atoms with E-state index in [4.69, 9.17) is 58.0 Å². The van der Waals surface area contributed by atoms with E-state index in [1.165, 1.54) is 16.4 Å². The largest absolute Gasteiger partial charge is 0.289 e. The van der Waals surface area contributed by atoms with Gasteiger partial charge in [-0.05, 0) is 0 Å². The fourth-order valence-corrected chi connectivity index (χ4v) is 4.26. The van der Waals surface area contributed by atoms with Gasteiger partial charge in [0.1, 0.15) is 0 Å². The zero-order chi connectivity index (χ0) is 15.9. The van der Waals surface area contributed by atoms with Crippen molar-refractivity contribution in [1.82, 2.24) is 9.36 Å². The summed E-state index contributed by atoms with van der Waals surface area (Å²) in [7, 11) is 3.48.